The molecule has 1 aromatic heterocycles. The van der Waals surface area contributed by atoms with E-state index in [9.17, 15) is 26.3 Å². The van der Waals surface area contributed by atoms with Crippen molar-refractivity contribution in [2.24, 2.45) is 0 Å². The minimum absolute atomic E-state index is 0.0301. The van der Waals surface area contributed by atoms with Gasteiger partial charge in [-0.15, -0.1) is 0 Å². The van der Waals surface area contributed by atoms with E-state index in [-0.39, 0.29) is 10.3 Å². The average Bonchev–Trinajstić information content (AvgIpc) is 2.75. The summed E-state index contributed by atoms with van der Waals surface area (Å²) in [5.74, 6) is 0. The Morgan fingerprint density at radius 1 is 0.900 bits per heavy atom. The SMILES string of the molecule is FC(F)(F)C(n1cnc(-c2ccccc2)c1)C(F)(F)F. The van der Waals surface area contributed by atoms with Gasteiger partial charge in [-0.25, -0.2) is 4.98 Å². The van der Waals surface area contributed by atoms with Gasteiger partial charge >= 0.3 is 12.4 Å². The van der Waals surface area contributed by atoms with Crippen LogP contribution in [0, 0.1) is 0 Å². The average molecular weight is 294 g/mol. The van der Waals surface area contributed by atoms with Crippen LogP contribution in [-0.2, 0) is 0 Å². The molecular weight excluding hydrogens is 286 g/mol. The Bertz CT molecular complexity index is 556. The molecule has 108 valence electrons. The van der Waals surface area contributed by atoms with Crippen LogP contribution in [0.15, 0.2) is 42.9 Å². The van der Waals surface area contributed by atoms with Gasteiger partial charge in [-0.1, -0.05) is 30.3 Å². The Labute approximate surface area is 109 Å². The monoisotopic (exact) mass is 294 g/mol. The fraction of sp³-hybridized carbons (Fsp3) is 0.250. The van der Waals surface area contributed by atoms with E-state index in [2.05, 4.69) is 4.98 Å². The fourth-order valence-electron chi connectivity index (χ4n) is 1.76. The van der Waals surface area contributed by atoms with Crippen LogP contribution in [0.5, 0.6) is 0 Å². The summed E-state index contributed by atoms with van der Waals surface area (Å²) in [5, 5.41) is 0. The van der Waals surface area contributed by atoms with Crippen LogP contribution in [0.4, 0.5) is 26.3 Å². The van der Waals surface area contributed by atoms with Crippen molar-refractivity contribution < 1.29 is 26.3 Å². The molecule has 0 unspecified atom stereocenters. The van der Waals surface area contributed by atoms with Gasteiger partial charge < -0.3 is 4.57 Å². The van der Waals surface area contributed by atoms with E-state index in [1.165, 1.54) is 0 Å². The van der Waals surface area contributed by atoms with Crippen molar-refractivity contribution in [1.29, 1.82) is 0 Å². The van der Waals surface area contributed by atoms with Crippen LogP contribution in [0.25, 0.3) is 11.3 Å². The van der Waals surface area contributed by atoms with E-state index in [0.29, 0.717) is 11.9 Å². The van der Waals surface area contributed by atoms with E-state index >= 15 is 0 Å². The Morgan fingerprint density at radius 3 is 1.95 bits per heavy atom. The Balaban J connectivity index is 2.41. The van der Waals surface area contributed by atoms with Gasteiger partial charge in [-0.3, -0.25) is 0 Å². The van der Waals surface area contributed by atoms with Crippen LogP contribution in [0.2, 0.25) is 0 Å². The number of nitrogens with zero attached hydrogens (tertiary/aromatic N) is 2. The molecule has 0 fully saturated rings. The maximum atomic E-state index is 12.5. The van der Waals surface area contributed by atoms with Crippen molar-refractivity contribution >= 4 is 0 Å². The van der Waals surface area contributed by atoms with Crippen molar-refractivity contribution in [2.45, 2.75) is 18.4 Å². The Hall–Kier alpha value is -1.99. The molecule has 0 bridgehead atoms. The second-order valence-electron chi connectivity index (χ2n) is 4.06. The maximum Gasteiger partial charge on any atom is 0.418 e. The van der Waals surface area contributed by atoms with E-state index < -0.39 is 18.4 Å². The third-order valence-electron chi connectivity index (χ3n) is 2.59. The van der Waals surface area contributed by atoms with Crippen molar-refractivity contribution in [3.63, 3.8) is 0 Å². The van der Waals surface area contributed by atoms with Crippen LogP contribution >= 0.6 is 0 Å². The third kappa shape index (κ3) is 2.94. The van der Waals surface area contributed by atoms with Crippen LogP contribution in [0.1, 0.15) is 6.04 Å². The summed E-state index contributed by atoms with van der Waals surface area (Å²) in [7, 11) is 0. The summed E-state index contributed by atoms with van der Waals surface area (Å²) < 4.78 is 75.3. The zero-order chi connectivity index (χ0) is 15.0. The first kappa shape index (κ1) is 14.4. The quantitative estimate of drug-likeness (QED) is 0.758. The van der Waals surface area contributed by atoms with Crippen molar-refractivity contribution in [3.05, 3.63) is 42.9 Å². The molecule has 0 saturated heterocycles. The van der Waals surface area contributed by atoms with Crippen molar-refractivity contribution in [2.75, 3.05) is 0 Å². The number of halogens is 6. The first-order chi connectivity index (χ1) is 9.19. The highest BCUT2D eigenvalue weighted by Gasteiger charge is 2.58. The van der Waals surface area contributed by atoms with E-state index in [4.69, 9.17) is 0 Å². The second-order valence-corrected chi connectivity index (χ2v) is 4.06. The lowest BCUT2D eigenvalue weighted by Crippen LogP contribution is -2.38. The minimum atomic E-state index is -5.44. The summed E-state index contributed by atoms with van der Waals surface area (Å²) in [6, 6.07) is 4.39. The number of benzene rings is 1. The minimum Gasteiger partial charge on any atom is -0.317 e. The number of hydrogen-bond donors (Lipinski definition) is 0. The first-order valence-electron chi connectivity index (χ1n) is 5.42. The standard InChI is InChI=1S/C12H8F6N2/c13-11(14,15)10(12(16,17)18)20-6-9(19-7-20)8-4-2-1-3-5-8/h1-7,10H. The molecule has 2 rings (SSSR count). The summed E-state index contributed by atoms with van der Waals surface area (Å²) in [4.78, 5) is 3.60. The molecule has 0 amide bonds. The third-order valence-corrected chi connectivity index (χ3v) is 2.59. The topological polar surface area (TPSA) is 17.8 Å². The van der Waals surface area contributed by atoms with E-state index in [1.807, 2.05) is 0 Å². The van der Waals surface area contributed by atoms with Gasteiger partial charge in [0.1, 0.15) is 0 Å². The molecule has 0 aliphatic carbocycles. The van der Waals surface area contributed by atoms with Crippen LogP contribution in [0.3, 0.4) is 0 Å². The smallest absolute Gasteiger partial charge is 0.317 e. The second kappa shape index (κ2) is 4.84. The Morgan fingerprint density at radius 2 is 1.45 bits per heavy atom. The number of alkyl halides is 6. The van der Waals surface area contributed by atoms with Gasteiger partial charge in [0.05, 0.1) is 12.0 Å². The van der Waals surface area contributed by atoms with E-state index in [0.717, 1.165) is 6.20 Å². The molecule has 0 aliphatic heterocycles. The highest BCUT2D eigenvalue weighted by molar-refractivity contribution is 5.57. The van der Waals surface area contributed by atoms with Crippen molar-refractivity contribution in [1.82, 2.24) is 9.55 Å². The zero-order valence-corrected chi connectivity index (χ0v) is 9.78. The van der Waals surface area contributed by atoms with Gasteiger partial charge in [-0.2, -0.15) is 26.3 Å². The molecular formula is C12H8F6N2. The summed E-state index contributed by atoms with van der Waals surface area (Å²) >= 11 is 0. The van der Waals surface area contributed by atoms with E-state index in [1.54, 1.807) is 30.3 Å². The van der Waals surface area contributed by atoms with Crippen molar-refractivity contribution in [3.8, 4) is 11.3 Å². The molecule has 1 heterocycles. The predicted molar refractivity (Wildman–Crippen MR) is 58.8 cm³/mol. The molecule has 8 heteroatoms. The van der Waals surface area contributed by atoms with Gasteiger partial charge in [0.25, 0.3) is 0 Å². The predicted octanol–water partition coefficient (Wildman–Crippen LogP) is 4.22. The highest BCUT2D eigenvalue weighted by Crippen LogP contribution is 2.43. The molecule has 0 saturated carbocycles. The first-order valence-corrected chi connectivity index (χ1v) is 5.42. The summed E-state index contributed by atoms with van der Waals surface area (Å²) in [5.41, 5.74) is 0.485. The van der Waals surface area contributed by atoms with Gasteiger partial charge in [-0.05, 0) is 0 Å². The van der Waals surface area contributed by atoms with Crippen LogP contribution < -0.4 is 0 Å². The van der Waals surface area contributed by atoms with Gasteiger partial charge in [0.2, 0.25) is 6.04 Å². The molecule has 0 radical (unpaired) electrons. The number of imidazole rings is 1. The molecule has 0 aliphatic rings. The molecule has 2 nitrogen and oxygen atoms in total. The molecule has 0 spiro atoms. The van der Waals surface area contributed by atoms with Gasteiger partial charge in [0.15, 0.2) is 0 Å². The lowest BCUT2D eigenvalue weighted by atomic mass is 10.2. The number of aromatic nitrogens is 2. The number of hydrogen-bond acceptors (Lipinski definition) is 1. The van der Waals surface area contributed by atoms with Gasteiger partial charge in [0, 0.05) is 11.8 Å². The fourth-order valence-corrected chi connectivity index (χ4v) is 1.76. The summed E-state index contributed by atoms with van der Waals surface area (Å²) in [6.07, 6.45) is -9.60. The molecule has 20 heavy (non-hydrogen) atoms. The summed E-state index contributed by atoms with van der Waals surface area (Å²) in [6.45, 7) is 0. The normalized spacial score (nSPS) is 12.9. The maximum absolute atomic E-state index is 12.5. The molecule has 0 N–H and O–H groups in total. The zero-order valence-electron chi connectivity index (χ0n) is 9.78. The molecule has 1 aromatic carbocycles. The lowest BCUT2D eigenvalue weighted by molar-refractivity contribution is -0.274. The lowest BCUT2D eigenvalue weighted by Gasteiger charge is -2.23. The molecule has 0 atom stereocenters. The Kier molecular flexibility index (Phi) is 3.49. The number of rotatable bonds is 2. The van der Waals surface area contributed by atoms with Crippen LogP contribution in [-0.4, -0.2) is 21.9 Å². The largest absolute Gasteiger partial charge is 0.418 e. The molecule has 2 aromatic rings. The highest BCUT2D eigenvalue weighted by atomic mass is 19.4.